The first kappa shape index (κ1) is 17.2. The van der Waals surface area contributed by atoms with E-state index >= 15 is 0 Å². The molecule has 1 aromatic heterocycles. The van der Waals surface area contributed by atoms with Crippen LogP contribution in [0.3, 0.4) is 0 Å². The summed E-state index contributed by atoms with van der Waals surface area (Å²) in [6, 6.07) is 19.9. The van der Waals surface area contributed by atoms with Crippen LogP contribution in [0.15, 0.2) is 76.0 Å². The number of hydrogen-bond acceptors (Lipinski definition) is 5. The third kappa shape index (κ3) is 3.52. The second-order valence-corrected chi connectivity index (χ2v) is 6.91. The fourth-order valence-electron chi connectivity index (χ4n) is 2.84. The van der Waals surface area contributed by atoms with E-state index < -0.39 is 11.9 Å². The lowest BCUT2D eigenvalue weighted by molar-refractivity contribution is -0.115. The molecule has 0 aliphatic carbocycles. The van der Waals surface area contributed by atoms with Gasteiger partial charge in [-0.2, -0.15) is 0 Å². The average molecular weight is 377 g/mol. The first-order chi connectivity index (χ1) is 13.1. The number of carbonyl (C=O) groups is 2. The number of fused-ring (bicyclic) bond motifs is 3. The van der Waals surface area contributed by atoms with Crippen molar-refractivity contribution in [2.24, 2.45) is 5.73 Å². The molecule has 0 saturated carbocycles. The molecule has 3 aromatic carbocycles. The lowest BCUT2D eigenvalue weighted by Crippen LogP contribution is -2.14. The minimum absolute atomic E-state index is 0.0945. The van der Waals surface area contributed by atoms with Gasteiger partial charge in [-0.3, -0.25) is 4.79 Å². The third-order valence-corrected chi connectivity index (χ3v) is 5.13. The number of thioether (sulfide) groups is 1. The maximum Gasteiger partial charge on any atom is 0.344 e. The molecule has 0 fully saturated rings. The number of carbonyl (C=O) groups excluding carboxylic acids is 2. The van der Waals surface area contributed by atoms with E-state index in [0.717, 1.165) is 21.9 Å². The smallest absolute Gasteiger partial charge is 0.344 e. The first-order valence-corrected chi connectivity index (χ1v) is 9.24. The summed E-state index contributed by atoms with van der Waals surface area (Å²) in [6.45, 7) is 0. The Hall–Kier alpha value is -3.25. The number of para-hydroxylation sites is 1. The molecule has 5 nitrogen and oxygen atoms in total. The highest BCUT2D eigenvalue weighted by Crippen LogP contribution is 2.32. The number of amides is 1. The molecule has 0 bridgehead atoms. The van der Waals surface area contributed by atoms with Crippen molar-refractivity contribution in [2.75, 3.05) is 5.75 Å². The Kier molecular flexibility index (Phi) is 4.56. The molecular weight excluding hydrogens is 362 g/mol. The molecule has 4 rings (SSSR count). The predicted octanol–water partition coefficient (Wildman–Crippen LogP) is 4.38. The zero-order valence-corrected chi connectivity index (χ0v) is 15.0. The molecule has 2 N–H and O–H groups in total. The van der Waals surface area contributed by atoms with Gasteiger partial charge in [0.1, 0.15) is 16.9 Å². The molecule has 0 saturated heterocycles. The molecule has 0 aliphatic rings. The van der Waals surface area contributed by atoms with Crippen molar-refractivity contribution in [1.82, 2.24) is 0 Å². The van der Waals surface area contributed by atoms with E-state index in [1.807, 2.05) is 24.3 Å². The number of esters is 1. The Morgan fingerprint density at radius 1 is 0.926 bits per heavy atom. The van der Waals surface area contributed by atoms with Gasteiger partial charge < -0.3 is 14.9 Å². The molecule has 0 spiro atoms. The number of primary amides is 1. The van der Waals surface area contributed by atoms with Gasteiger partial charge in [0, 0.05) is 15.7 Å². The second kappa shape index (κ2) is 7.17. The monoisotopic (exact) mass is 377 g/mol. The molecule has 0 atom stereocenters. The average Bonchev–Trinajstić information content (AvgIpc) is 3.04. The van der Waals surface area contributed by atoms with Crippen molar-refractivity contribution in [1.29, 1.82) is 0 Å². The minimum atomic E-state index is -0.491. The van der Waals surface area contributed by atoms with Crippen LogP contribution in [-0.2, 0) is 4.79 Å². The topological polar surface area (TPSA) is 82.5 Å². The highest BCUT2D eigenvalue weighted by Gasteiger charge is 2.15. The maximum absolute atomic E-state index is 12.6. The van der Waals surface area contributed by atoms with Crippen LogP contribution < -0.4 is 10.5 Å². The van der Waals surface area contributed by atoms with Gasteiger partial charge in [0.15, 0.2) is 0 Å². The SMILES string of the molecule is NC(=O)CSc1ccccc1C(=O)Oc1ccc2oc3ccccc3c2c1. The van der Waals surface area contributed by atoms with Gasteiger partial charge in [0.05, 0.1) is 11.3 Å². The summed E-state index contributed by atoms with van der Waals surface area (Å²) in [4.78, 5) is 24.3. The molecule has 0 radical (unpaired) electrons. The molecule has 1 amide bonds. The van der Waals surface area contributed by atoms with Gasteiger partial charge >= 0.3 is 5.97 Å². The summed E-state index contributed by atoms with van der Waals surface area (Å²) in [5.74, 6) is -0.416. The summed E-state index contributed by atoms with van der Waals surface area (Å²) in [7, 11) is 0. The molecule has 0 unspecified atom stereocenters. The molecular formula is C21H15NO4S. The fourth-order valence-corrected chi connectivity index (χ4v) is 3.62. The lowest BCUT2D eigenvalue weighted by atomic mass is 10.1. The Labute approximate surface area is 159 Å². The van der Waals surface area contributed by atoms with E-state index in [1.165, 1.54) is 11.8 Å². The van der Waals surface area contributed by atoms with Crippen LogP contribution in [0.2, 0.25) is 0 Å². The van der Waals surface area contributed by atoms with Gasteiger partial charge in [-0.05, 0) is 36.4 Å². The van der Waals surface area contributed by atoms with Gasteiger partial charge in [-0.1, -0.05) is 30.3 Å². The summed E-state index contributed by atoms with van der Waals surface area (Å²) < 4.78 is 11.3. The second-order valence-electron chi connectivity index (χ2n) is 5.90. The molecule has 0 aliphatic heterocycles. The van der Waals surface area contributed by atoms with Crippen LogP contribution in [0.4, 0.5) is 0 Å². The normalized spacial score (nSPS) is 11.0. The quantitative estimate of drug-likeness (QED) is 0.317. The molecule has 6 heteroatoms. The van der Waals surface area contributed by atoms with Gasteiger partial charge in [0.2, 0.25) is 5.91 Å². The Bertz CT molecular complexity index is 1170. The van der Waals surface area contributed by atoms with Crippen LogP contribution in [0.25, 0.3) is 21.9 Å². The highest BCUT2D eigenvalue weighted by molar-refractivity contribution is 8.00. The Morgan fingerprint density at radius 2 is 1.67 bits per heavy atom. The summed E-state index contributed by atoms with van der Waals surface area (Å²) in [5.41, 5.74) is 7.09. The zero-order chi connectivity index (χ0) is 18.8. The predicted molar refractivity (Wildman–Crippen MR) is 105 cm³/mol. The number of rotatable bonds is 5. The maximum atomic E-state index is 12.6. The Balaban J connectivity index is 1.63. The minimum Gasteiger partial charge on any atom is -0.456 e. The van der Waals surface area contributed by atoms with E-state index in [0.29, 0.717) is 16.2 Å². The number of nitrogens with two attached hydrogens (primary N) is 1. The van der Waals surface area contributed by atoms with E-state index in [2.05, 4.69) is 0 Å². The summed E-state index contributed by atoms with van der Waals surface area (Å²) >= 11 is 1.21. The lowest BCUT2D eigenvalue weighted by Gasteiger charge is -2.08. The van der Waals surface area contributed by atoms with Gasteiger partial charge in [-0.25, -0.2) is 4.79 Å². The number of hydrogen-bond donors (Lipinski definition) is 1. The fraction of sp³-hybridized carbons (Fsp3) is 0.0476. The van der Waals surface area contributed by atoms with Crippen LogP contribution in [-0.4, -0.2) is 17.6 Å². The van der Waals surface area contributed by atoms with Crippen molar-refractivity contribution in [3.05, 3.63) is 72.3 Å². The van der Waals surface area contributed by atoms with E-state index in [-0.39, 0.29) is 5.75 Å². The molecule has 27 heavy (non-hydrogen) atoms. The highest BCUT2D eigenvalue weighted by atomic mass is 32.2. The van der Waals surface area contributed by atoms with Gasteiger partial charge in [-0.15, -0.1) is 11.8 Å². The van der Waals surface area contributed by atoms with E-state index in [9.17, 15) is 9.59 Å². The van der Waals surface area contributed by atoms with Crippen molar-refractivity contribution in [2.45, 2.75) is 4.90 Å². The van der Waals surface area contributed by atoms with E-state index in [4.69, 9.17) is 14.9 Å². The van der Waals surface area contributed by atoms with Crippen molar-refractivity contribution < 1.29 is 18.7 Å². The molecule has 134 valence electrons. The van der Waals surface area contributed by atoms with Crippen LogP contribution in [0.1, 0.15) is 10.4 Å². The number of furan rings is 1. The number of benzene rings is 3. The van der Waals surface area contributed by atoms with Crippen LogP contribution in [0.5, 0.6) is 5.75 Å². The van der Waals surface area contributed by atoms with Crippen molar-refractivity contribution >= 4 is 45.6 Å². The van der Waals surface area contributed by atoms with E-state index in [1.54, 1.807) is 42.5 Å². The molecule has 1 heterocycles. The van der Waals surface area contributed by atoms with Crippen LogP contribution >= 0.6 is 11.8 Å². The largest absolute Gasteiger partial charge is 0.456 e. The number of ether oxygens (including phenoxy) is 1. The first-order valence-electron chi connectivity index (χ1n) is 8.25. The van der Waals surface area contributed by atoms with Crippen molar-refractivity contribution in [3.63, 3.8) is 0 Å². The summed E-state index contributed by atoms with van der Waals surface area (Å²) in [6.07, 6.45) is 0. The zero-order valence-electron chi connectivity index (χ0n) is 14.2. The van der Waals surface area contributed by atoms with Crippen LogP contribution in [0, 0.1) is 0 Å². The van der Waals surface area contributed by atoms with Crippen molar-refractivity contribution in [3.8, 4) is 5.75 Å². The standard InChI is InChI=1S/C21H15NO4S/c22-20(23)12-27-19-8-4-2-6-15(19)21(24)25-13-9-10-18-16(11-13)14-5-1-3-7-17(14)26-18/h1-11H,12H2,(H2,22,23). The summed E-state index contributed by atoms with van der Waals surface area (Å²) in [5, 5.41) is 1.84. The molecule has 4 aromatic rings. The Morgan fingerprint density at radius 3 is 2.52 bits per heavy atom. The third-order valence-electron chi connectivity index (χ3n) is 4.04. The van der Waals surface area contributed by atoms with Gasteiger partial charge in [0.25, 0.3) is 0 Å².